The molecule has 12 nitrogen and oxygen atoms in total. The molecule has 57 heavy (non-hydrogen) atoms. The van der Waals surface area contributed by atoms with Gasteiger partial charge in [-0.1, -0.05) is 142 Å². The molecule has 0 radical (unpaired) electrons. The summed E-state index contributed by atoms with van der Waals surface area (Å²) in [4.78, 5) is 88.6. The zero-order chi connectivity index (χ0) is 42.1. The Hall–Kier alpha value is -6.30. The van der Waals surface area contributed by atoms with Crippen LogP contribution in [0.4, 0.5) is 0 Å². The average molecular weight is 773 g/mol. The van der Waals surface area contributed by atoms with Gasteiger partial charge in [-0.2, -0.15) is 0 Å². The molecule has 7 atom stereocenters. The number of nitrogens with one attached hydrogen (secondary N) is 5. The molecule has 5 N–H and O–H groups in total. The van der Waals surface area contributed by atoms with E-state index >= 15 is 0 Å². The van der Waals surface area contributed by atoms with Crippen LogP contribution in [0.3, 0.4) is 0 Å². The molecule has 0 aromatic heterocycles. The van der Waals surface area contributed by atoms with Crippen molar-refractivity contribution in [3.63, 3.8) is 0 Å². The Bertz CT molecular complexity index is 2100. The van der Waals surface area contributed by atoms with Gasteiger partial charge in [-0.15, -0.1) is 0 Å². The molecule has 4 aromatic carbocycles. The fraction of sp³-hybridized carbons (Fsp3) is 0.333. The van der Waals surface area contributed by atoms with Gasteiger partial charge in [0.2, 0.25) is 35.4 Å². The molecule has 296 valence electrons. The van der Waals surface area contributed by atoms with Crippen LogP contribution in [0.2, 0.25) is 2.82 Å². The first-order valence-corrected chi connectivity index (χ1v) is 19.5. The van der Waals surface area contributed by atoms with Gasteiger partial charge in [0.15, 0.2) is 2.82 Å². The highest BCUT2D eigenvalue weighted by Crippen LogP contribution is 2.23. The van der Waals surface area contributed by atoms with E-state index in [0.717, 1.165) is 5.56 Å². The summed E-state index contributed by atoms with van der Waals surface area (Å²) in [6.45, 7) is 3.70. The van der Waals surface area contributed by atoms with Gasteiger partial charge in [0, 0.05) is 19.4 Å². The lowest BCUT2D eigenvalue weighted by Gasteiger charge is -2.32. The summed E-state index contributed by atoms with van der Waals surface area (Å²) in [6, 6.07) is 26.3. The van der Waals surface area contributed by atoms with Crippen LogP contribution in [0, 0.1) is 5.92 Å². The summed E-state index contributed by atoms with van der Waals surface area (Å²) < 4.78 is 18.5. The summed E-state index contributed by atoms with van der Waals surface area (Å²) in [5, 5.41) is 9.48. The van der Waals surface area contributed by atoms with Gasteiger partial charge in [-0.05, 0) is 41.0 Å². The van der Waals surface area contributed by atoms with Crippen LogP contribution >= 0.6 is 0 Å². The van der Waals surface area contributed by atoms with Crippen molar-refractivity contribution in [1.82, 2.24) is 31.5 Å². The first-order valence-electron chi connectivity index (χ1n) is 20.4. The van der Waals surface area contributed by atoms with Gasteiger partial charge in [0.25, 0.3) is 0 Å². The normalized spacial score (nSPS) is 25.3. The molecule has 0 saturated carbocycles. The number of rotatable bonds is 8. The fourth-order valence-corrected chi connectivity index (χ4v) is 7.30. The molecular formula is C45H50N6O6. The molecular weight excluding hydrogens is 721 g/mol. The van der Waals surface area contributed by atoms with E-state index in [0.29, 0.717) is 34.6 Å². The average Bonchev–Trinajstić information content (AvgIpc) is 3.76. The van der Waals surface area contributed by atoms with Crippen molar-refractivity contribution in [3.8, 4) is 0 Å². The van der Waals surface area contributed by atoms with E-state index in [1.165, 1.54) is 4.90 Å². The van der Waals surface area contributed by atoms with Gasteiger partial charge in [0.1, 0.15) is 36.3 Å². The van der Waals surface area contributed by atoms with E-state index in [1.807, 2.05) is 12.1 Å². The fourth-order valence-electron chi connectivity index (χ4n) is 7.30. The van der Waals surface area contributed by atoms with E-state index in [9.17, 15) is 31.6 Å². The molecule has 2 aliphatic heterocycles. The van der Waals surface area contributed by atoms with Gasteiger partial charge in [-0.25, -0.2) is 0 Å². The van der Waals surface area contributed by atoms with Crippen LogP contribution in [0.25, 0.3) is 0 Å². The largest absolute Gasteiger partial charge is 0.342 e. The highest BCUT2D eigenvalue weighted by molar-refractivity contribution is 5.99. The lowest BCUT2D eigenvalue weighted by atomic mass is 9.95. The van der Waals surface area contributed by atoms with Gasteiger partial charge < -0.3 is 31.5 Å². The number of carbonyl (C=O) groups excluding carboxylic acids is 6. The third-order valence-corrected chi connectivity index (χ3v) is 10.6. The van der Waals surface area contributed by atoms with Gasteiger partial charge in [0.05, 0.1) is 0 Å². The lowest BCUT2D eigenvalue weighted by molar-refractivity contribution is -0.143. The molecule has 2 aliphatic rings. The summed E-state index contributed by atoms with van der Waals surface area (Å²) in [5.74, 6) is -5.24. The molecule has 2 saturated heterocycles. The first-order chi connectivity index (χ1) is 28.5. The van der Waals surface area contributed by atoms with Crippen LogP contribution < -0.4 is 26.6 Å². The quantitative estimate of drug-likeness (QED) is 0.183. The zero-order valence-corrected chi connectivity index (χ0v) is 32.1. The van der Waals surface area contributed by atoms with E-state index in [-0.39, 0.29) is 31.4 Å². The number of fused-ring (bicyclic) bond motifs is 1. The maximum atomic E-state index is 14.7. The van der Waals surface area contributed by atoms with Crippen LogP contribution in [0.5, 0.6) is 0 Å². The lowest BCUT2D eigenvalue weighted by Crippen LogP contribution is -2.60. The minimum absolute atomic E-state index is 0.0111. The maximum absolute atomic E-state index is 14.7. The topological polar surface area (TPSA) is 166 Å². The molecule has 1 unspecified atom stereocenters. The predicted molar refractivity (Wildman–Crippen MR) is 215 cm³/mol. The molecule has 12 heteroatoms. The number of hydrogen-bond acceptors (Lipinski definition) is 6. The number of carbonyl (C=O) groups is 6. The van der Waals surface area contributed by atoms with Crippen molar-refractivity contribution >= 4 is 35.4 Å². The smallest absolute Gasteiger partial charge is 0.248 e. The Balaban J connectivity index is 1.48. The molecule has 0 aliphatic carbocycles. The van der Waals surface area contributed by atoms with Crippen LogP contribution in [-0.4, -0.2) is 71.1 Å². The Morgan fingerprint density at radius 3 is 1.67 bits per heavy atom. The second kappa shape index (κ2) is 19.0. The third-order valence-electron chi connectivity index (χ3n) is 10.6. The summed E-state index contributed by atoms with van der Waals surface area (Å²) in [5.41, 5.74) is 1.97. The van der Waals surface area contributed by atoms with Gasteiger partial charge >= 0.3 is 0 Å². The van der Waals surface area contributed by atoms with E-state index in [4.69, 9.17) is 0 Å². The molecule has 6 rings (SSSR count). The summed E-state index contributed by atoms with van der Waals surface area (Å²) in [6.07, 6.45) is 1.14. The second-order valence-electron chi connectivity index (χ2n) is 14.6. The Kier molecular flexibility index (Phi) is 12.6. The minimum atomic E-state index is -1.59. The van der Waals surface area contributed by atoms with E-state index in [2.05, 4.69) is 16.0 Å². The number of nitrogens with zero attached hydrogens (tertiary/aromatic N) is 1. The molecule has 6 amide bonds. The second-order valence-corrected chi connectivity index (χ2v) is 14.6. The van der Waals surface area contributed by atoms with Crippen molar-refractivity contribution in [3.05, 3.63) is 144 Å². The van der Waals surface area contributed by atoms with Gasteiger partial charge in [-0.3, -0.25) is 28.8 Å². The molecule has 2 fully saturated rings. The highest BCUT2D eigenvalue weighted by atomic mass is 16.2. The molecule has 2 heterocycles. The summed E-state index contributed by atoms with van der Waals surface area (Å²) in [7, 11) is 0. The van der Waals surface area contributed by atoms with E-state index in [1.54, 1.807) is 123 Å². The maximum Gasteiger partial charge on any atom is 0.248 e. The first kappa shape index (κ1) is 37.6. The zero-order valence-electron chi connectivity index (χ0n) is 34.1. The van der Waals surface area contributed by atoms with Crippen LogP contribution in [0.15, 0.2) is 121 Å². The minimum Gasteiger partial charge on any atom is -0.342 e. The number of hydrogen-bond donors (Lipinski definition) is 5. The monoisotopic (exact) mass is 772 g/mol. The SMILES string of the molecule is [2H]N1C(=O)C(c2ccccc2)NC(=O)[C@H]([C@@H](C)CC)N([2H])C(=O)[C@@H](Cc2ccccc2)NC(=O)[C@@H]2CCCN2C(=O)[C@H](Cc2ccccc2)NC(=O)[C@@H]1c1ccccc1. The Morgan fingerprint density at radius 2 is 1.11 bits per heavy atom. The van der Waals surface area contributed by atoms with Crippen molar-refractivity contribution in [2.24, 2.45) is 5.92 Å². The molecule has 0 spiro atoms. The van der Waals surface area contributed by atoms with Crippen LogP contribution in [-0.2, 0) is 41.6 Å². The Morgan fingerprint density at radius 1 is 0.596 bits per heavy atom. The van der Waals surface area contributed by atoms with Crippen LogP contribution in [0.1, 0.15) is 67.4 Å². The highest BCUT2D eigenvalue weighted by Gasteiger charge is 2.41. The molecule has 0 bridgehead atoms. The van der Waals surface area contributed by atoms with Crippen molar-refractivity contribution in [1.29, 1.82) is 0 Å². The van der Waals surface area contributed by atoms with Crippen molar-refractivity contribution < 1.29 is 31.6 Å². The Labute approximate surface area is 336 Å². The summed E-state index contributed by atoms with van der Waals surface area (Å²) >= 11 is 0. The van der Waals surface area contributed by atoms with Crippen molar-refractivity contribution in [2.45, 2.75) is 82.2 Å². The van der Waals surface area contributed by atoms with E-state index < -0.39 is 77.6 Å². The predicted octanol–water partition coefficient (Wildman–Crippen LogP) is 3.69. The third kappa shape index (κ3) is 10.1. The van der Waals surface area contributed by atoms with Crippen molar-refractivity contribution in [2.75, 3.05) is 6.54 Å². The molecule has 4 aromatic rings. The number of benzene rings is 4. The standard InChI is InChI=1S/C45H50N6O6/c1-3-29(2)37-42(54)49-39(33-23-14-7-15-24-33)44(56)50-38(32-21-12-6-13-22-32)43(55)47-35(28-31-19-10-5-11-20-31)45(57)51-26-16-25-36(51)41(53)46-34(40(52)48-37)27-30-17-8-4-9-18-30/h4-15,17-24,29,34-39H,3,16,25-28H2,1-2H3,(H,46,53)(H,47,55)(H,48,52)(H,49,54)(H,50,56)/t29-,34+,35-,36-,37-,38-,39?/m0/s1/i/hD2. The number of amides is 6.